The van der Waals surface area contributed by atoms with Crippen LogP contribution < -0.4 is 0 Å². The van der Waals surface area contributed by atoms with Crippen molar-refractivity contribution in [2.75, 3.05) is 6.61 Å². The third kappa shape index (κ3) is 7.12. The first-order valence-electron chi connectivity index (χ1n) is 8.64. The number of hydrogen-bond donors (Lipinski definition) is 0. The molecule has 0 saturated carbocycles. The molecule has 3 saturated heterocycles. The minimum atomic E-state index is -0.600. The van der Waals surface area contributed by atoms with Crippen LogP contribution in [0.5, 0.6) is 0 Å². The summed E-state index contributed by atoms with van der Waals surface area (Å²) in [6.07, 6.45) is 7.94. The molecule has 3 fully saturated rings. The van der Waals surface area contributed by atoms with Gasteiger partial charge in [-0.1, -0.05) is 24.3 Å². The molecule has 3 aliphatic heterocycles. The quantitative estimate of drug-likeness (QED) is 0.327. The SMILES string of the molecule is CC1(C)O[C@H]2OC([C@@H]3COC(C)(C)O3)[C@@H](C3C=CC=C3)[C@H]2O1.[C-]#[O+].[C-]#[O+].[C-]#[O+].[CH3-].[Mo]. The fraction of sp³-hybridized carbons (Fsp3) is 0.619. The van der Waals surface area contributed by atoms with Gasteiger partial charge in [0.2, 0.25) is 0 Å². The zero-order chi connectivity index (χ0) is 21.5. The van der Waals surface area contributed by atoms with E-state index in [2.05, 4.69) is 44.3 Å². The standard InChI is InChI=1S/C17H24O5.3CO.CH3.Mo/c1-16(2)18-9-11(20-16)13-12(10-7-5-6-8-10)14-15(19-13)22-17(3,4)21-14;3*1-2;;/h5-8,10-15H,9H2,1-4H3;;;;1H3;/q;;;;-1;/t11-,12+,13?,14+,15+;;;;;/m0...../s1. The maximum absolute atomic E-state index is 7.50. The van der Waals surface area contributed by atoms with Crippen molar-refractivity contribution in [2.24, 2.45) is 11.8 Å². The van der Waals surface area contributed by atoms with Gasteiger partial charge in [-0.3, -0.25) is 0 Å². The first-order valence-corrected chi connectivity index (χ1v) is 8.64. The van der Waals surface area contributed by atoms with E-state index in [0.717, 1.165) is 0 Å². The van der Waals surface area contributed by atoms with Crippen LogP contribution in [0.15, 0.2) is 24.3 Å². The molecule has 8 nitrogen and oxygen atoms in total. The van der Waals surface area contributed by atoms with Crippen LogP contribution in [0.2, 0.25) is 0 Å². The molecular weight excluding hydrogens is 476 g/mol. The zero-order valence-corrected chi connectivity index (χ0v) is 19.7. The summed E-state index contributed by atoms with van der Waals surface area (Å²) in [5.41, 5.74) is 0. The summed E-state index contributed by atoms with van der Waals surface area (Å²) in [4.78, 5) is 0. The molecule has 0 aromatic heterocycles. The number of allylic oxidation sites excluding steroid dienone is 4. The molecule has 30 heavy (non-hydrogen) atoms. The molecule has 1 unspecified atom stereocenters. The zero-order valence-electron chi connectivity index (χ0n) is 17.7. The van der Waals surface area contributed by atoms with Crippen LogP contribution in [-0.2, 0) is 58.7 Å². The summed E-state index contributed by atoms with van der Waals surface area (Å²) in [6, 6.07) is 0. The van der Waals surface area contributed by atoms with Gasteiger partial charge in [-0.25, -0.2) is 0 Å². The molecule has 166 valence electrons. The summed E-state index contributed by atoms with van der Waals surface area (Å²) in [6.45, 7) is 21.8. The number of hydrogen-bond acceptors (Lipinski definition) is 5. The Hall–Kier alpha value is -0.812. The fourth-order valence-electron chi connectivity index (χ4n) is 3.91. The Balaban J connectivity index is 0. The van der Waals surface area contributed by atoms with E-state index < -0.39 is 11.6 Å². The van der Waals surface area contributed by atoms with E-state index in [0.29, 0.717) is 6.61 Å². The molecule has 0 radical (unpaired) electrons. The van der Waals surface area contributed by atoms with Gasteiger partial charge in [-0.05, 0) is 27.7 Å². The van der Waals surface area contributed by atoms with Crippen molar-refractivity contribution in [2.45, 2.75) is 63.9 Å². The normalized spacial score (nSPS) is 33.7. The minimum Gasteiger partial charge on any atom is -0.358 e. The third-order valence-corrected chi connectivity index (χ3v) is 4.76. The summed E-state index contributed by atoms with van der Waals surface area (Å²) in [5.74, 6) is -0.704. The van der Waals surface area contributed by atoms with Gasteiger partial charge >= 0.3 is 33.9 Å². The van der Waals surface area contributed by atoms with Gasteiger partial charge in [0.25, 0.3) is 0 Å². The van der Waals surface area contributed by atoms with E-state index in [-0.39, 0.29) is 64.9 Å². The van der Waals surface area contributed by atoms with Crippen molar-refractivity contribution < 1.29 is 58.7 Å². The maximum Gasteiger partial charge on any atom is 0 e. The van der Waals surface area contributed by atoms with Gasteiger partial charge in [-0.15, -0.1) is 0 Å². The number of ether oxygens (including phenoxy) is 5. The van der Waals surface area contributed by atoms with Crippen LogP contribution in [-0.4, -0.2) is 42.8 Å². The first kappa shape index (κ1) is 31.4. The molecule has 5 atom stereocenters. The second-order valence-electron chi connectivity index (χ2n) is 7.36. The Kier molecular flexibility index (Phi) is 14.2. The monoisotopic (exact) mass is 505 g/mol. The molecule has 0 aromatic carbocycles. The predicted molar refractivity (Wildman–Crippen MR) is 97.1 cm³/mol. The number of rotatable bonds is 2. The van der Waals surface area contributed by atoms with Crippen molar-refractivity contribution >= 4 is 0 Å². The topological polar surface area (TPSA) is 106 Å². The molecule has 4 aliphatic rings. The summed E-state index contributed by atoms with van der Waals surface area (Å²) in [5, 5.41) is 0. The smallest absolute Gasteiger partial charge is 0 e. The number of fused-ring (bicyclic) bond motifs is 1. The molecule has 0 aromatic rings. The van der Waals surface area contributed by atoms with Crippen molar-refractivity contribution in [3.63, 3.8) is 0 Å². The Labute approximate surface area is 192 Å². The first-order chi connectivity index (χ1) is 13.3. The molecular formula is C21H27MoO8-. The second-order valence-corrected chi connectivity index (χ2v) is 7.36. The largest absolute Gasteiger partial charge is 0.358 e. The van der Waals surface area contributed by atoms with Crippen LogP contribution >= 0.6 is 0 Å². The minimum absolute atomic E-state index is 0. The van der Waals surface area contributed by atoms with Crippen molar-refractivity contribution in [1.82, 2.24) is 0 Å². The van der Waals surface area contributed by atoms with Crippen LogP contribution in [0.1, 0.15) is 27.7 Å². The van der Waals surface area contributed by atoms with E-state index in [1.165, 1.54) is 0 Å². The average Bonchev–Trinajstić information content (AvgIpc) is 3.43. The second kappa shape index (κ2) is 13.6. The summed E-state index contributed by atoms with van der Waals surface area (Å²) < 4.78 is 52.5. The van der Waals surface area contributed by atoms with E-state index in [4.69, 9.17) is 37.6 Å². The van der Waals surface area contributed by atoms with Gasteiger partial charge in [0, 0.05) is 32.9 Å². The van der Waals surface area contributed by atoms with Gasteiger partial charge in [0.15, 0.2) is 17.9 Å². The van der Waals surface area contributed by atoms with Gasteiger partial charge in [0.05, 0.1) is 12.7 Å². The molecule has 0 spiro atoms. The van der Waals surface area contributed by atoms with Crippen LogP contribution in [0, 0.1) is 39.2 Å². The summed E-state index contributed by atoms with van der Waals surface area (Å²) >= 11 is 0. The Morgan fingerprint density at radius 2 is 1.33 bits per heavy atom. The van der Waals surface area contributed by atoms with Crippen LogP contribution in [0.4, 0.5) is 0 Å². The fourth-order valence-corrected chi connectivity index (χ4v) is 3.91. The van der Waals surface area contributed by atoms with E-state index in [1.807, 2.05) is 27.7 Å². The Morgan fingerprint density at radius 3 is 1.80 bits per heavy atom. The van der Waals surface area contributed by atoms with Crippen molar-refractivity contribution in [3.05, 3.63) is 51.7 Å². The molecule has 0 N–H and O–H groups in total. The molecule has 9 heteroatoms. The average molecular weight is 503 g/mol. The van der Waals surface area contributed by atoms with Crippen LogP contribution in [0.25, 0.3) is 0 Å². The van der Waals surface area contributed by atoms with Crippen LogP contribution in [0.3, 0.4) is 0 Å². The molecule has 0 bridgehead atoms. The van der Waals surface area contributed by atoms with Gasteiger partial charge in [0.1, 0.15) is 12.2 Å². The summed E-state index contributed by atoms with van der Waals surface area (Å²) in [7, 11) is 0. The third-order valence-electron chi connectivity index (χ3n) is 4.76. The predicted octanol–water partition coefficient (Wildman–Crippen LogP) is 2.71. The molecule has 3 heterocycles. The molecule has 0 amide bonds. The molecule has 1 aliphatic carbocycles. The maximum atomic E-state index is 7.50. The molecule has 4 rings (SSSR count). The van der Waals surface area contributed by atoms with Gasteiger partial charge in [-0.2, -0.15) is 0 Å². The van der Waals surface area contributed by atoms with Crippen molar-refractivity contribution in [1.29, 1.82) is 0 Å². The van der Waals surface area contributed by atoms with Crippen molar-refractivity contribution in [3.8, 4) is 0 Å². The van der Waals surface area contributed by atoms with Gasteiger partial charge < -0.3 is 31.1 Å². The Morgan fingerprint density at radius 1 is 0.800 bits per heavy atom. The van der Waals surface area contributed by atoms with E-state index >= 15 is 0 Å². The Bertz CT molecular complexity index is 610. The van der Waals surface area contributed by atoms with E-state index in [1.54, 1.807) is 0 Å². The van der Waals surface area contributed by atoms with E-state index in [9.17, 15) is 0 Å².